The predicted octanol–water partition coefficient (Wildman–Crippen LogP) is 4.67. The Bertz CT molecular complexity index is 906. The van der Waals surface area contributed by atoms with Crippen molar-refractivity contribution in [3.05, 3.63) is 78.4 Å². The lowest BCUT2D eigenvalue weighted by atomic mass is 10.2. The third-order valence-corrected chi connectivity index (χ3v) is 6.15. The Morgan fingerprint density at radius 3 is 2.38 bits per heavy atom. The van der Waals surface area contributed by atoms with Gasteiger partial charge in [-0.2, -0.15) is 0 Å². The Hall–Kier alpha value is -2.72. The molecule has 0 saturated carbocycles. The fourth-order valence-electron chi connectivity index (χ4n) is 2.75. The molecule has 1 aliphatic rings. The molecule has 24 heavy (non-hydrogen) atoms. The van der Waals surface area contributed by atoms with Crippen molar-refractivity contribution >= 4 is 16.9 Å². The summed E-state index contributed by atoms with van der Waals surface area (Å²) in [6, 6.07) is 23.9. The molecule has 3 aromatic rings. The average molecular weight is 335 g/mol. The van der Waals surface area contributed by atoms with Gasteiger partial charge in [-0.05, 0) is 36.4 Å². The number of benzene rings is 3. The summed E-state index contributed by atoms with van der Waals surface area (Å²) in [6.07, 6.45) is 0. The minimum atomic E-state index is -0.361. The number of fused-ring (bicyclic) bond motifs is 2. The number of ether oxygens (including phenoxy) is 2. The van der Waals surface area contributed by atoms with E-state index in [0.29, 0.717) is 11.3 Å². The van der Waals surface area contributed by atoms with E-state index >= 15 is 0 Å². The lowest BCUT2D eigenvalue weighted by Crippen LogP contribution is -2.13. The second kappa shape index (κ2) is 6.06. The van der Waals surface area contributed by atoms with E-state index in [0.717, 1.165) is 15.5 Å². The van der Waals surface area contributed by atoms with Gasteiger partial charge in [-0.15, -0.1) is 0 Å². The van der Waals surface area contributed by atoms with Gasteiger partial charge >= 0.3 is 5.97 Å². The molecule has 0 radical (unpaired) electrons. The Morgan fingerprint density at radius 2 is 1.58 bits per heavy atom. The third kappa shape index (κ3) is 2.45. The summed E-state index contributed by atoms with van der Waals surface area (Å²) in [5.74, 6) is 1.18. The van der Waals surface area contributed by atoms with Gasteiger partial charge in [-0.1, -0.05) is 30.3 Å². The molecule has 1 atom stereocenters. The highest BCUT2D eigenvalue weighted by molar-refractivity contribution is 7.97. The minimum absolute atomic E-state index is 0.258. The molecule has 0 saturated heterocycles. The molecular formula is C20H15O3S+. The van der Waals surface area contributed by atoms with Crippen LogP contribution in [0.25, 0.3) is 0 Å². The number of carbonyl (C=O) groups excluding carboxylic acids is 1. The van der Waals surface area contributed by atoms with E-state index in [1.54, 1.807) is 12.1 Å². The molecule has 4 rings (SSSR count). The Kier molecular flexibility index (Phi) is 3.75. The molecule has 3 nitrogen and oxygen atoms in total. The number of hydrogen-bond donors (Lipinski definition) is 0. The van der Waals surface area contributed by atoms with E-state index in [9.17, 15) is 4.79 Å². The topological polar surface area (TPSA) is 35.5 Å². The van der Waals surface area contributed by atoms with Crippen LogP contribution in [0.1, 0.15) is 10.4 Å². The first-order chi connectivity index (χ1) is 11.8. The molecule has 0 fully saturated rings. The van der Waals surface area contributed by atoms with Gasteiger partial charge in [-0.25, -0.2) is 4.79 Å². The minimum Gasteiger partial charge on any atom is -0.465 e. The Labute approximate surface area is 143 Å². The van der Waals surface area contributed by atoms with Crippen molar-refractivity contribution in [1.29, 1.82) is 0 Å². The van der Waals surface area contributed by atoms with Crippen LogP contribution in [0.15, 0.2) is 87.5 Å². The smallest absolute Gasteiger partial charge is 0.337 e. The second-order valence-corrected chi connectivity index (χ2v) is 7.28. The van der Waals surface area contributed by atoms with Gasteiger partial charge in [-0.3, -0.25) is 0 Å². The van der Waals surface area contributed by atoms with Crippen LogP contribution in [0, 0.1) is 0 Å². The van der Waals surface area contributed by atoms with E-state index in [1.165, 1.54) is 12.0 Å². The number of esters is 1. The zero-order valence-electron chi connectivity index (χ0n) is 13.1. The average Bonchev–Trinajstić information content (AvgIpc) is 2.65. The quantitative estimate of drug-likeness (QED) is 0.394. The number of rotatable bonds is 2. The largest absolute Gasteiger partial charge is 0.465 e. The van der Waals surface area contributed by atoms with Gasteiger partial charge < -0.3 is 9.47 Å². The number of carbonyl (C=O) groups is 1. The van der Waals surface area contributed by atoms with Crippen LogP contribution in [-0.2, 0) is 15.6 Å². The molecule has 1 heterocycles. The maximum Gasteiger partial charge on any atom is 0.337 e. The highest BCUT2D eigenvalue weighted by Crippen LogP contribution is 2.47. The standard InChI is InChI=1S/C20H15O3S/c1-22-20(21)14-11-12-19-17(13-14)23-16-9-5-6-10-18(16)24(19)15-7-3-2-4-8-15/h2-13H,1H3/q+1. The van der Waals surface area contributed by atoms with Gasteiger partial charge in [0.25, 0.3) is 0 Å². The van der Waals surface area contributed by atoms with Crippen molar-refractivity contribution in [3.8, 4) is 11.5 Å². The van der Waals surface area contributed by atoms with Crippen molar-refractivity contribution in [3.63, 3.8) is 0 Å². The highest BCUT2D eigenvalue weighted by atomic mass is 32.2. The van der Waals surface area contributed by atoms with Crippen LogP contribution in [0.3, 0.4) is 0 Å². The lowest BCUT2D eigenvalue weighted by molar-refractivity contribution is 0.0600. The Morgan fingerprint density at radius 1 is 0.875 bits per heavy atom. The number of hydrogen-bond acceptors (Lipinski definition) is 3. The van der Waals surface area contributed by atoms with Crippen LogP contribution in [0.2, 0.25) is 0 Å². The van der Waals surface area contributed by atoms with Crippen LogP contribution < -0.4 is 4.74 Å². The van der Waals surface area contributed by atoms with Gasteiger partial charge in [0.05, 0.1) is 12.7 Å². The molecular weight excluding hydrogens is 320 g/mol. The summed E-state index contributed by atoms with van der Waals surface area (Å²) in [4.78, 5) is 15.3. The predicted molar refractivity (Wildman–Crippen MR) is 92.9 cm³/mol. The van der Waals surface area contributed by atoms with Crippen LogP contribution in [0.4, 0.5) is 0 Å². The molecule has 3 aromatic carbocycles. The SMILES string of the molecule is COC(=O)c1ccc2c(c1)Oc1ccccc1[S+]2c1ccccc1. The summed E-state index contributed by atoms with van der Waals surface area (Å²) >= 11 is 0. The van der Waals surface area contributed by atoms with Gasteiger partial charge in [0.2, 0.25) is 9.79 Å². The molecule has 1 aliphatic heterocycles. The lowest BCUT2D eigenvalue weighted by Gasteiger charge is -2.20. The zero-order valence-corrected chi connectivity index (χ0v) is 13.9. The highest BCUT2D eigenvalue weighted by Gasteiger charge is 2.39. The van der Waals surface area contributed by atoms with Gasteiger partial charge in [0.15, 0.2) is 16.4 Å². The molecule has 0 amide bonds. The van der Waals surface area contributed by atoms with Crippen molar-refractivity contribution < 1.29 is 14.3 Å². The maximum atomic E-state index is 11.8. The maximum absolute atomic E-state index is 11.8. The molecule has 0 spiro atoms. The number of methoxy groups -OCH3 is 1. The zero-order chi connectivity index (χ0) is 16.5. The molecule has 4 heteroatoms. The molecule has 1 unspecified atom stereocenters. The molecule has 0 bridgehead atoms. The molecule has 118 valence electrons. The second-order valence-electron chi connectivity index (χ2n) is 5.32. The van der Waals surface area contributed by atoms with Crippen molar-refractivity contribution in [2.75, 3.05) is 7.11 Å². The first-order valence-corrected chi connectivity index (χ1v) is 8.79. The normalized spacial score (nSPS) is 15.0. The Balaban J connectivity index is 1.90. The van der Waals surface area contributed by atoms with E-state index in [-0.39, 0.29) is 16.9 Å². The summed E-state index contributed by atoms with van der Waals surface area (Å²) in [5.41, 5.74) is 0.493. The van der Waals surface area contributed by atoms with E-state index in [1.807, 2.05) is 42.5 Å². The summed E-state index contributed by atoms with van der Waals surface area (Å²) in [7, 11) is 1.12. The van der Waals surface area contributed by atoms with Crippen LogP contribution in [-0.4, -0.2) is 13.1 Å². The van der Waals surface area contributed by atoms with E-state index in [4.69, 9.17) is 9.47 Å². The third-order valence-electron chi connectivity index (χ3n) is 3.85. The van der Waals surface area contributed by atoms with Crippen molar-refractivity contribution in [2.24, 2.45) is 0 Å². The fourth-order valence-corrected chi connectivity index (χ4v) is 4.96. The molecule has 0 aromatic heterocycles. The fraction of sp³-hybridized carbons (Fsp3) is 0.0500. The molecule has 0 aliphatic carbocycles. The summed E-state index contributed by atoms with van der Waals surface area (Å²) in [6.45, 7) is 0. The first-order valence-electron chi connectivity index (χ1n) is 7.56. The number of para-hydroxylation sites is 1. The van der Waals surface area contributed by atoms with Gasteiger partial charge in [0.1, 0.15) is 10.9 Å². The van der Waals surface area contributed by atoms with Gasteiger partial charge in [0, 0.05) is 6.07 Å². The van der Waals surface area contributed by atoms with Crippen LogP contribution in [0.5, 0.6) is 11.5 Å². The van der Waals surface area contributed by atoms with Crippen LogP contribution >= 0.6 is 0 Å². The summed E-state index contributed by atoms with van der Waals surface area (Å²) < 4.78 is 10.9. The first kappa shape index (κ1) is 14.8. The summed E-state index contributed by atoms with van der Waals surface area (Å²) in [5, 5.41) is 0. The monoisotopic (exact) mass is 335 g/mol. The van der Waals surface area contributed by atoms with E-state index < -0.39 is 0 Å². The van der Waals surface area contributed by atoms with Crippen molar-refractivity contribution in [1.82, 2.24) is 0 Å². The molecule has 0 N–H and O–H groups in total. The van der Waals surface area contributed by atoms with E-state index in [2.05, 4.69) is 18.2 Å². The van der Waals surface area contributed by atoms with Crippen molar-refractivity contribution in [2.45, 2.75) is 14.7 Å².